The Morgan fingerprint density at radius 1 is 1.35 bits per heavy atom. The number of carboxylic acids is 1. The van der Waals surface area contributed by atoms with Crippen LogP contribution in [0.2, 0.25) is 0 Å². The molecule has 0 aromatic heterocycles. The molecule has 1 N–H and O–H groups in total. The average Bonchev–Trinajstić information content (AvgIpc) is 3.06. The number of anilines is 1. The van der Waals surface area contributed by atoms with Gasteiger partial charge in [-0.1, -0.05) is 0 Å². The smallest absolute Gasteiger partial charge is 0.326 e. The summed E-state index contributed by atoms with van der Waals surface area (Å²) in [4.78, 5) is 37.1. The highest BCUT2D eigenvalue weighted by Crippen LogP contribution is 2.32. The van der Waals surface area contributed by atoms with E-state index in [9.17, 15) is 19.7 Å². The van der Waals surface area contributed by atoms with Crippen LogP contribution in [0.15, 0.2) is 18.2 Å². The summed E-state index contributed by atoms with van der Waals surface area (Å²) in [6, 6.07) is 3.28. The fourth-order valence-corrected chi connectivity index (χ4v) is 2.57. The highest BCUT2D eigenvalue weighted by Gasteiger charge is 2.27. The first-order chi connectivity index (χ1) is 10.8. The van der Waals surface area contributed by atoms with Crippen molar-refractivity contribution in [2.75, 3.05) is 25.0 Å². The number of amides is 1. The lowest BCUT2D eigenvalue weighted by Crippen LogP contribution is -2.40. The summed E-state index contributed by atoms with van der Waals surface area (Å²) >= 11 is 0. The van der Waals surface area contributed by atoms with E-state index in [1.807, 2.05) is 4.90 Å². The second-order valence-electron chi connectivity index (χ2n) is 5.59. The summed E-state index contributed by atoms with van der Waals surface area (Å²) in [6.07, 6.45) is 1.97. The molecule has 0 aliphatic carbocycles. The first-order valence-electron chi connectivity index (χ1n) is 7.36. The van der Waals surface area contributed by atoms with Gasteiger partial charge in [-0.15, -0.1) is 0 Å². The van der Waals surface area contributed by atoms with Gasteiger partial charge in [0, 0.05) is 31.8 Å². The van der Waals surface area contributed by atoms with Crippen molar-refractivity contribution < 1.29 is 19.6 Å². The average molecular weight is 321 g/mol. The second kappa shape index (κ2) is 6.64. The van der Waals surface area contributed by atoms with Crippen LogP contribution >= 0.6 is 0 Å². The maximum atomic E-state index is 12.3. The van der Waals surface area contributed by atoms with Gasteiger partial charge in [-0.3, -0.25) is 14.9 Å². The van der Waals surface area contributed by atoms with E-state index < -0.39 is 22.8 Å². The molecule has 1 aliphatic heterocycles. The maximum Gasteiger partial charge on any atom is 0.326 e. The molecular formula is C15H19N3O5. The highest BCUT2D eigenvalue weighted by molar-refractivity contribution is 5.97. The Morgan fingerprint density at radius 3 is 2.48 bits per heavy atom. The van der Waals surface area contributed by atoms with Crippen LogP contribution in [0.1, 0.15) is 30.1 Å². The minimum atomic E-state index is -1.14. The van der Waals surface area contributed by atoms with Crippen LogP contribution in [0.25, 0.3) is 0 Å². The van der Waals surface area contributed by atoms with Crippen LogP contribution in [-0.4, -0.2) is 53.0 Å². The molecule has 8 nitrogen and oxygen atoms in total. The number of hydrogen-bond acceptors (Lipinski definition) is 5. The molecule has 1 heterocycles. The number of likely N-dealkylation sites (N-methyl/N-ethyl adjacent to an activating group) is 1. The summed E-state index contributed by atoms with van der Waals surface area (Å²) in [6.45, 7) is 2.89. The molecule has 0 saturated carbocycles. The molecule has 1 atom stereocenters. The normalized spacial score (nSPS) is 15.3. The molecule has 8 heteroatoms. The molecule has 0 bridgehead atoms. The molecule has 0 radical (unpaired) electrons. The molecule has 1 aliphatic rings. The Morgan fingerprint density at radius 2 is 1.96 bits per heavy atom. The van der Waals surface area contributed by atoms with Crippen molar-refractivity contribution in [2.45, 2.75) is 25.8 Å². The van der Waals surface area contributed by atoms with Crippen molar-refractivity contribution in [1.82, 2.24) is 4.90 Å². The Bertz CT molecular complexity index is 640. The van der Waals surface area contributed by atoms with Crippen molar-refractivity contribution >= 4 is 23.3 Å². The molecule has 1 saturated heterocycles. The van der Waals surface area contributed by atoms with E-state index >= 15 is 0 Å². The van der Waals surface area contributed by atoms with E-state index in [1.165, 1.54) is 26.1 Å². The third-order valence-electron chi connectivity index (χ3n) is 4.12. The standard InChI is InChI=1S/C15H19N3O5/c1-10(15(20)21)16(2)14(19)11-5-6-12(13(9-11)18(22)23)17-7-3-4-8-17/h5-6,9-10H,3-4,7-8H2,1-2H3,(H,20,21). The summed E-state index contributed by atoms with van der Waals surface area (Å²) in [5, 5.41) is 20.3. The highest BCUT2D eigenvalue weighted by atomic mass is 16.6. The summed E-state index contributed by atoms with van der Waals surface area (Å²) in [5.74, 6) is -1.69. The number of carboxylic acid groups (broad SMARTS) is 1. The number of benzene rings is 1. The Labute approximate surface area is 133 Å². The first-order valence-corrected chi connectivity index (χ1v) is 7.36. The van der Waals surface area contributed by atoms with Gasteiger partial charge in [0.1, 0.15) is 11.7 Å². The van der Waals surface area contributed by atoms with Crippen LogP contribution in [0.5, 0.6) is 0 Å². The number of nitro benzene ring substituents is 1. The van der Waals surface area contributed by atoms with Crippen molar-refractivity contribution in [3.05, 3.63) is 33.9 Å². The molecule has 1 unspecified atom stereocenters. The number of carbonyl (C=O) groups excluding carboxylic acids is 1. The molecule has 1 amide bonds. The number of aliphatic carboxylic acids is 1. The van der Waals surface area contributed by atoms with E-state index in [0.29, 0.717) is 5.69 Å². The quantitative estimate of drug-likeness (QED) is 0.654. The van der Waals surface area contributed by atoms with Crippen molar-refractivity contribution in [3.63, 3.8) is 0 Å². The maximum absolute atomic E-state index is 12.3. The molecule has 1 fully saturated rings. The predicted molar refractivity (Wildman–Crippen MR) is 83.7 cm³/mol. The van der Waals surface area contributed by atoms with E-state index in [4.69, 9.17) is 5.11 Å². The Kier molecular flexibility index (Phi) is 4.83. The van der Waals surface area contributed by atoms with E-state index in [2.05, 4.69) is 0 Å². The van der Waals surface area contributed by atoms with Gasteiger partial charge >= 0.3 is 5.97 Å². The SMILES string of the molecule is CC(C(=O)O)N(C)C(=O)c1ccc(N2CCCC2)c([N+](=O)[O-])c1. The number of nitro groups is 1. The van der Waals surface area contributed by atoms with Crippen LogP contribution in [0.3, 0.4) is 0 Å². The predicted octanol–water partition coefficient (Wildman–Crippen LogP) is 1.74. The fraction of sp³-hybridized carbons (Fsp3) is 0.467. The molecule has 23 heavy (non-hydrogen) atoms. The lowest BCUT2D eigenvalue weighted by Gasteiger charge is -2.22. The van der Waals surface area contributed by atoms with Gasteiger partial charge < -0.3 is 14.9 Å². The van der Waals surface area contributed by atoms with Gasteiger partial charge in [0.25, 0.3) is 11.6 Å². The molecule has 2 rings (SSSR count). The summed E-state index contributed by atoms with van der Waals surface area (Å²) in [5.41, 5.74) is 0.474. The largest absolute Gasteiger partial charge is 0.480 e. The van der Waals surface area contributed by atoms with Gasteiger partial charge in [0.2, 0.25) is 0 Å². The van der Waals surface area contributed by atoms with Crippen LogP contribution in [0, 0.1) is 10.1 Å². The first kappa shape index (κ1) is 16.7. The molecule has 1 aromatic rings. The zero-order valence-electron chi connectivity index (χ0n) is 13.1. The zero-order valence-corrected chi connectivity index (χ0v) is 13.1. The zero-order chi connectivity index (χ0) is 17.1. The monoisotopic (exact) mass is 321 g/mol. The second-order valence-corrected chi connectivity index (χ2v) is 5.59. The number of carbonyl (C=O) groups is 2. The minimum Gasteiger partial charge on any atom is -0.480 e. The molecule has 1 aromatic carbocycles. The summed E-state index contributed by atoms with van der Waals surface area (Å²) in [7, 11) is 1.36. The van der Waals surface area contributed by atoms with E-state index in [1.54, 1.807) is 6.07 Å². The number of rotatable bonds is 5. The van der Waals surface area contributed by atoms with Crippen molar-refractivity contribution in [1.29, 1.82) is 0 Å². The fourth-order valence-electron chi connectivity index (χ4n) is 2.57. The van der Waals surface area contributed by atoms with Gasteiger partial charge in [-0.25, -0.2) is 4.79 Å². The van der Waals surface area contributed by atoms with Gasteiger partial charge in [-0.05, 0) is 31.9 Å². The number of nitrogens with zero attached hydrogens (tertiary/aromatic N) is 3. The molecule has 0 spiro atoms. The van der Waals surface area contributed by atoms with Crippen molar-refractivity contribution in [3.8, 4) is 0 Å². The Balaban J connectivity index is 2.33. The molecular weight excluding hydrogens is 302 g/mol. The third kappa shape index (κ3) is 3.41. The van der Waals surface area contributed by atoms with Gasteiger partial charge in [-0.2, -0.15) is 0 Å². The molecule has 124 valence electrons. The third-order valence-corrected chi connectivity index (χ3v) is 4.12. The lowest BCUT2D eigenvalue weighted by molar-refractivity contribution is -0.384. The van der Waals surface area contributed by atoms with Gasteiger partial charge in [0.05, 0.1) is 4.92 Å². The summed E-state index contributed by atoms with van der Waals surface area (Å²) < 4.78 is 0. The van der Waals surface area contributed by atoms with Crippen molar-refractivity contribution in [2.24, 2.45) is 0 Å². The van der Waals surface area contributed by atoms with Crippen LogP contribution < -0.4 is 4.90 Å². The Hall–Kier alpha value is -2.64. The van der Waals surface area contributed by atoms with E-state index in [-0.39, 0.29) is 11.3 Å². The minimum absolute atomic E-state index is 0.107. The van der Waals surface area contributed by atoms with Crippen LogP contribution in [0.4, 0.5) is 11.4 Å². The van der Waals surface area contributed by atoms with Gasteiger partial charge in [0.15, 0.2) is 0 Å². The lowest BCUT2D eigenvalue weighted by atomic mass is 10.1. The topological polar surface area (TPSA) is 104 Å². The van der Waals surface area contributed by atoms with E-state index in [0.717, 1.165) is 30.8 Å². The number of hydrogen-bond donors (Lipinski definition) is 1. The van der Waals surface area contributed by atoms with Crippen LogP contribution in [-0.2, 0) is 4.79 Å².